The number of aldehydes is 1. The highest BCUT2D eigenvalue weighted by Crippen LogP contribution is 2.26. The Morgan fingerprint density at radius 2 is 2.00 bits per heavy atom. The standard InChI is InChI=1S/C12H15NO2/c14-8-10-6-7-11(13-10)12(15)9-4-2-1-3-5-9/h6-9,13H,1-5H2. The van der Waals surface area contributed by atoms with Gasteiger partial charge in [-0.1, -0.05) is 19.3 Å². The number of nitrogens with one attached hydrogen (secondary N) is 1. The van der Waals surface area contributed by atoms with Gasteiger partial charge in [-0.2, -0.15) is 0 Å². The summed E-state index contributed by atoms with van der Waals surface area (Å²) in [5, 5.41) is 0. The van der Waals surface area contributed by atoms with Crippen LogP contribution in [-0.2, 0) is 0 Å². The first-order valence-electron chi connectivity index (χ1n) is 5.49. The first-order valence-corrected chi connectivity index (χ1v) is 5.49. The Morgan fingerprint density at radius 1 is 1.27 bits per heavy atom. The van der Waals surface area contributed by atoms with E-state index in [1.807, 2.05) is 0 Å². The summed E-state index contributed by atoms with van der Waals surface area (Å²) in [4.78, 5) is 25.3. The topological polar surface area (TPSA) is 49.9 Å². The second-order valence-corrected chi connectivity index (χ2v) is 4.14. The van der Waals surface area contributed by atoms with Crippen molar-refractivity contribution in [3.8, 4) is 0 Å². The Hall–Kier alpha value is -1.38. The normalized spacial score (nSPS) is 17.6. The Kier molecular flexibility index (Phi) is 2.99. The molecule has 1 fully saturated rings. The van der Waals surface area contributed by atoms with Crippen LogP contribution in [0.3, 0.4) is 0 Å². The van der Waals surface area contributed by atoms with E-state index in [1.165, 1.54) is 6.42 Å². The Morgan fingerprint density at radius 3 is 2.60 bits per heavy atom. The second-order valence-electron chi connectivity index (χ2n) is 4.14. The minimum absolute atomic E-state index is 0.164. The predicted molar refractivity (Wildman–Crippen MR) is 57.1 cm³/mol. The average molecular weight is 205 g/mol. The van der Waals surface area contributed by atoms with Gasteiger partial charge in [0.05, 0.1) is 11.4 Å². The molecule has 1 aliphatic carbocycles. The molecule has 1 heterocycles. The number of H-pyrrole nitrogens is 1. The molecule has 1 saturated carbocycles. The van der Waals surface area contributed by atoms with Crippen LogP contribution < -0.4 is 0 Å². The highest BCUT2D eigenvalue weighted by molar-refractivity contribution is 5.97. The molecule has 0 unspecified atom stereocenters. The molecular weight excluding hydrogens is 190 g/mol. The van der Waals surface area contributed by atoms with E-state index in [9.17, 15) is 9.59 Å². The van der Waals surface area contributed by atoms with Crippen molar-refractivity contribution in [2.24, 2.45) is 5.92 Å². The summed E-state index contributed by atoms with van der Waals surface area (Å²) < 4.78 is 0. The molecular formula is C12H15NO2. The maximum atomic E-state index is 12.0. The molecule has 1 aromatic rings. The van der Waals surface area contributed by atoms with Crippen molar-refractivity contribution in [3.63, 3.8) is 0 Å². The van der Waals surface area contributed by atoms with E-state index in [4.69, 9.17) is 0 Å². The van der Waals surface area contributed by atoms with Crippen molar-refractivity contribution in [2.45, 2.75) is 32.1 Å². The van der Waals surface area contributed by atoms with Crippen LogP contribution in [0.15, 0.2) is 12.1 Å². The van der Waals surface area contributed by atoms with Gasteiger partial charge in [0, 0.05) is 5.92 Å². The van der Waals surface area contributed by atoms with Gasteiger partial charge in [-0.25, -0.2) is 0 Å². The number of hydrogen-bond donors (Lipinski definition) is 1. The van der Waals surface area contributed by atoms with Gasteiger partial charge >= 0.3 is 0 Å². The summed E-state index contributed by atoms with van der Waals surface area (Å²) >= 11 is 0. The van der Waals surface area contributed by atoms with Crippen molar-refractivity contribution in [1.29, 1.82) is 0 Å². The molecule has 1 N–H and O–H groups in total. The van der Waals surface area contributed by atoms with E-state index in [1.54, 1.807) is 12.1 Å². The van der Waals surface area contributed by atoms with Crippen LogP contribution in [0.1, 0.15) is 53.1 Å². The van der Waals surface area contributed by atoms with Gasteiger partial charge in [-0.3, -0.25) is 9.59 Å². The lowest BCUT2D eigenvalue weighted by Crippen LogP contribution is -2.18. The number of carbonyl (C=O) groups excluding carboxylic acids is 2. The van der Waals surface area contributed by atoms with Crippen LogP contribution in [0.4, 0.5) is 0 Å². The number of aromatic nitrogens is 1. The quantitative estimate of drug-likeness (QED) is 0.609. The minimum atomic E-state index is 0.164. The van der Waals surface area contributed by atoms with Gasteiger partial charge in [0.25, 0.3) is 0 Å². The van der Waals surface area contributed by atoms with Gasteiger partial charge in [0.2, 0.25) is 0 Å². The van der Waals surface area contributed by atoms with Crippen LogP contribution in [0.2, 0.25) is 0 Å². The number of hydrogen-bond acceptors (Lipinski definition) is 2. The number of Topliss-reactive ketones (excluding diaryl/α,β-unsaturated/α-hetero) is 1. The molecule has 3 heteroatoms. The molecule has 3 nitrogen and oxygen atoms in total. The first-order chi connectivity index (χ1) is 7.31. The molecule has 0 aromatic carbocycles. The summed E-state index contributed by atoms with van der Waals surface area (Å²) in [6, 6.07) is 3.36. The number of carbonyl (C=O) groups is 2. The predicted octanol–water partition coefficient (Wildman–Crippen LogP) is 2.59. The van der Waals surface area contributed by atoms with E-state index < -0.39 is 0 Å². The minimum Gasteiger partial charge on any atom is -0.350 e. The summed E-state index contributed by atoms with van der Waals surface area (Å²) in [6.07, 6.45) is 6.27. The van der Waals surface area contributed by atoms with Crippen LogP contribution >= 0.6 is 0 Å². The average Bonchev–Trinajstić information content (AvgIpc) is 2.78. The zero-order valence-electron chi connectivity index (χ0n) is 8.66. The van der Waals surface area contributed by atoms with Gasteiger partial charge in [-0.15, -0.1) is 0 Å². The summed E-state index contributed by atoms with van der Waals surface area (Å²) in [7, 11) is 0. The van der Waals surface area contributed by atoms with E-state index in [0.29, 0.717) is 11.4 Å². The fourth-order valence-electron chi connectivity index (χ4n) is 2.21. The lowest BCUT2D eigenvalue weighted by atomic mass is 9.85. The number of rotatable bonds is 3. The molecule has 0 saturated heterocycles. The molecule has 80 valence electrons. The maximum Gasteiger partial charge on any atom is 0.182 e. The fraction of sp³-hybridized carbons (Fsp3) is 0.500. The summed E-state index contributed by atoms with van der Waals surface area (Å²) in [5.41, 5.74) is 1.07. The van der Waals surface area contributed by atoms with Gasteiger partial charge in [0.1, 0.15) is 0 Å². The van der Waals surface area contributed by atoms with E-state index in [2.05, 4.69) is 4.98 Å². The largest absolute Gasteiger partial charge is 0.350 e. The third kappa shape index (κ3) is 2.17. The SMILES string of the molecule is O=Cc1ccc(C(=O)C2CCCCC2)[nH]1. The molecule has 0 radical (unpaired) electrons. The van der Waals surface area contributed by atoms with Crippen molar-refractivity contribution in [3.05, 3.63) is 23.5 Å². The summed E-state index contributed by atoms with van der Waals surface area (Å²) in [5.74, 6) is 0.333. The molecule has 0 aliphatic heterocycles. The lowest BCUT2D eigenvalue weighted by molar-refractivity contribution is 0.0885. The second kappa shape index (κ2) is 4.43. The van der Waals surface area contributed by atoms with Crippen LogP contribution in [0.25, 0.3) is 0 Å². The fourth-order valence-corrected chi connectivity index (χ4v) is 2.21. The Labute approximate surface area is 88.9 Å². The third-order valence-corrected chi connectivity index (χ3v) is 3.08. The van der Waals surface area contributed by atoms with Gasteiger partial charge in [-0.05, 0) is 25.0 Å². The van der Waals surface area contributed by atoms with E-state index >= 15 is 0 Å². The van der Waals surface area contributed by atoms with Crippen molar-refractivity contribution in [2.75, 3.05) is 0 Å². The molecule has 0 atom stereocenters. The van der Waals surface area contributed by atoms with Crippen molar-refractivity contribution >= 4 is 12.1 Å². The smallest absolute Gasteiger partial charge is 0.182 e. The van der Waals surface area contributed by atoms with Crippen molar-refractivity contribution < 1.29 is 9.59 Å². The van der Waals surface area contributed by atoms with Crippen LogP contribution in [0.5, 0.6) is 0 Å². The number of ketones is 1. The van der Waals surface area contributed by atoms with Gasteiger partial charge < -0.3 is 4.98 Å². The molecule has 2 rings (SSSR count). The molecule has 15 heavy (non-hydrogen) atoms. The molecule has 0 spiro atoms. The number of aromatic amines is 1. The zero-order chi connectivity index (χ0) is 10.7. The molecule has 0 amide bonds. The van der Waals surface area contributed by atoms with E-state index in [0.717, 1.165) is 32.0 Å². The lowest BCUT2D eigenvalue weighted by Gasteiger charge is -2.19. The first kappa shape index (κ1) is 10.1. The van der Waals surface area contributed by atoms with Crippen molar-refractivity contribution in [1.82, 2.24) is 4.98 Å². The van der Waals surface area contributed by atoms with Crippen LogP contribution in [-0.4, -0.2) is 17.1 Å². The van der Waals surface area contributed by atoms with E-state index in [-0.39, 0.29) is 11.7 Å². The monoisotopic (exact) mass is 205 g/mol. The third-order valence-electron chi connectivity index (χ3n) is 3.08. The summed E-state index contributed by atoms with van der Waals surface area (Å²) in [6.45, 7) is 0. The highest BCUT2D eigenvalue weighted by atomic mass is 16.1. The highest BCUT2D eigenvalue weighted by Gasteiger charge is 2.23. The molecule has 0 bridgehead atoms. The van der Waals surface area contributed by atoms with Crippen LogP contribution in [0, 0.1) is 5.92 Å². The Balaban J connectivity index is 2.08. The molecule has 1 aromatic heterocycles. The maximum absolute atomic E-state index is 12.0. The Bertz CT molecular complexity index is 361. The van der Waals surface area contributed by atoms with Gasteiger partial charge in [0.15, 0.2) is 12.1 Å². The molecule has 1 aliphatic rings. The zero-order valence-corrected chi connectivity index (χ0v) is 8.66.